The van der Waals surface area contributed by atoms with Crippen molar-refractivity contribution in [3.63, 3.8) is 0 Å². The van der Waals surface area contributed by atoms with E-state index in [1.54, 1.807) is 32.2 Å². The minimum atomic E-state index is -0.592. The third-order valence-corrected chi connectivity index (χ3v) is 3.15. The van der Waals surface area contributed by atoms with E-state index in [9.17, 15) is 9.59 Å². The first-order valence-corrected chi connectivity index (χ1v) is 7.50. The molecule has 1 rings (SSSR count). The van der Waals surface area contributed by atoms with Crippen LogP contribution >= 0.6 is 0 Å². The average Bonchev–Trinajstić information content (AvgIpc) is 2.56. The zero-order valence-corrected chi connectivity index (χ0v) is 14.0. The Bertz CT molecular complexity index is 570. The molecule has 0 radical (unpaired) electrons. The lowest BCUT2D eigenvalue weighted by atomic mass is 10.1. The average molecular weight is 320 g/mol. The molecule has 0 aliphatic heterocycles. The summed E-state index contributed by atoms with van der Waals surface area (Å²) in [4.78, 5) is 23.6. The molecule has 6 nitrogen and oxygen atoms in total. The van der Waals surface area contributed by atoms with Crippen molar-refractivity contribution in [1.82, 2.24) is 10.6 Å². The summed E-state index contributed by atoms with van der Waals surface area (Å²) in [7, 11) is 3.09. The molecule has 1 aromatic carbocycles. The van der Waals surface area contributed by atoms with Crippen LogP contribution in [0.2, 0.25) is 0 Å². The van der Waals surface area contributed by atoms with E-state index in [0.717, 1.165) is 6.42 Å². The van der Waals surface area contributed by atoms with Crippen LogP contribution in [-0.2, 0) is 9.59 Å². The molecule has 0 heterocycles. The summed E-state index contributed by atoms with van der Waals surface area (Å²) in [6, 6.07) is 4.80. The van der Waals surface area contributed by atoms with E-state index in [-0.39, 0.29) is 11.8 Å². The molecule has 0 fully saturated rings. The number of amides is 2. The zero-order valence-electron chi connectivity index (χ0n) is 14.0. The minimum Gasteiger partial charge on any atom is -0.493 e. The maximum atomic E-state index is 11.9. The predicted octanol–water partition coefficient (Wildman–Crippen LogP) is 1.75. The van der Waals surface area contributed by atoms with Gasteiger partial charge in [-0.25, -0.2) is 0 Å². The molecule has 1 atom stereocenters. The Hall–Kier alpha value is -2.50. The number of nitrogens with one attached hydrogen (secondary N) is 2. The molecule has 23 heavy (non-hydrogen) atoms. The molecular formula is C17H24N2O4. The minimum absolute atomic E-state index is 0.201. The van der Waals surface area contributed by atoms with Gasteiger partial charge in [0, 0.05) is 18.2 Å². The zero-order chi connectivity index (χ0) is 17.2. The van der Waals surface area contributed by atoms with Gasteiger partial charge in [-0.2, -0.15) is 0 Å². The van der Waals surface area contributed by atoms with Gasteiger partial charge in [-0.15, -0.1) is 0 Å². The third-order valence-electron chi connectivity index (χ3n) is 3.15. The summed E-state index contributed by atoms with van der Waals surface area (Å²) in [5.74, 6) is 0.580. The fraction of sp³-hybridized carbons (Fsp3) is 0.412. The molecular weight excluding hydrogens is 296 g/mol. The van der Waals surface area contributed by atoms with E-state index in [1.807, 2.05) is 13.0 Å². The number of methoxy groups -OCH3 is 2. The summed E-state index contributed by atoms with van der Waals surface area (Å²) in [5, 5.41) is 5.35. The van der Waals surface area contributed by atoms with Gasteiger partial charge in [0.1, 0.15) is 6.04 Å². The van der Waals surface area contributed by atoms with Gasteiger partial charge in [0.2, 0.25) is 11.8 Å². The van der Waals surface area contributed by atoms with Gasteiger partial charge in [0.05, 0.1) is 14.2 Å². The molecule has 2 N–H and O–H groups in total. The lowest BCUT2D eigenvalue weighted by Crippen LogP contribution is -2.44. The van der Waals surface area contributed by atoms with E-state index >= 15 is 0 Å². The lowest BCUT2D eigenvalue weighted by Gasteiger charge is -2.12. The number of carbonyl (C=O) groups is 2. The Balaban J connectivity index is 2.70. The van der Waals surface area contributed by atoms with Crippen molar-refractivity contribution < 1.29 is 19.1 Å². The van der Waals surface area contributed by atoms with Crippen molar-refractivity contribution in [1.29, 1.82) is 0 Å². The van der Waals surface area contributed by atoms with Gasteiger partial charge in [-0.3, -0.25) is 9.59 Å². The molecule has 0 aliphatic rings. The molecule has 2 amide bonds. The van der Waals surface area contributed by atoms with Crippen LogP contribution in [-0.4, -0.2) is 38.6 Å². The quantitative estimate of drug-likeness (QED) is 0.716. The van der Waals surface area contributed by atoms with Crippen molar-refractivity contribution in [3.05, 3.63) is 29.8 Å². The van der Waals surface area contributed by atoms with Crippen LogP contribution in [0.15, 0.2) is 24.3 Å². The molecule has 6 heteroatoms. The van der Waals surface area contributed by atoms with Crippen LogP contribution in [0.5, 0.6) is 11.5 Å². The first-order chi connectivity index (χ1) is 11.0. The second-order valence-corrected chi connectivity index (χ2v) is 4.94. The maximum absolute atomic E-state index is 11.9. The van der Waals surface area contributed by atoms with E-state index in [4.69, 9.17) is 9.47 Å². The maximum Gasteiger partial charge on any atom is 0.244 e. The van der Waals surface area contributed by atoms with E-state index in [2.05, 4.69) is 10.6 Å². The van der Waals surface area contributed by atoms with Crippen LogP contribution in [0.25, 0.3) is 6.08 Å². The van der Waals surface area contributed by atoms with Gasteiger partial charge in [-0.1, -0.05) is 19.1 Å². The number of hydrogen-bond donors (Lipinski definition) is 2. The molecule has 126 valence electrons. The number of ether oxygens (including phenoxy) is 2. The van der Waals surface area contributed by atoms with E-state index in [1.165, 1.54) is 13.2 Å². The number of rotatable bonds is 8. The van der Waals surface area contributed by atoms with Gasteiger partial charge in [-0.05, 0) is 25.5 Å². The molecule has 0 spiro atoms. The summed E-state index contributed by atoms with van der Waals surface area (Å²) in [6.45, 7) is 4.20. The van der Waals surface area contributed by atoms with Crippen molar-refractivity contribution in [2.45, 2.75) is 26.3 Å². The van der Waals surface area contributed by atoms with Crippen molar-refractivity contribution in [3.8, 4) is 11.5 Å². The van der Waals surface area contributed by atoms with Gasteiger partial charge < -0.3 is 20.1 Å². The molecule has 1 aromatic rings. The summed E-state index contributed by atoms with van der Waals surface area (Å²) in [6.07, 6.45) is 3.83. The third kappa shape index (κ3) is 5.65. The van der Waals surface area contributed by atoms with E-state index < -0.39 is 6.04 Å². The van der Waals surface area contributed by atoms with Crippen molar-refractivity contribution >= 4 is 17.9 Å². The van der Waals surface area contributed by atoms with Crippen molar-refractivity contribution in [2.75, 3.05) is 20.8 Å². The monoisotopic (exact) mass is 320 g/mol. The topological polar surface area (TPSA) is 76.7 Å². The standard InChI is InChI=1S/C17H24N2O4/c1-5-11-18-17(21)12(2)19-15(20)10-9-13-7-6-8-14(22-3)16(13)23-4/h6-10,12H,5,11H2,1-4H3,(H,18,21)(H,19,20)/b10-9+/t12-/m0/s1. The van der Waals surface area contributed by atoms with Gasteiger partial charge >= 0.3 is 0 Å². The molecule has 0 aromatic heterocycles. The van der Waals surface area contributed by atoms with Crippen LogP contribution < -0.4 is 20.1 Å². The predicted molar refractivity (Wildman–Crippen MR) is 89.5 cm³/mol. The molecule has 0 bridgehead atoms. The van der Waals surface area contributed by atoms with Crippen LogP contribution in [0.1, 0.15) is 25.8 Å². The summed E-state index contributed by atoms with van der Waals surface area (Å²) in [5.41, 5.74) is 0.713. The Morgan fingerprint density at radius 3 is 2.61 bits per heavy atom. The molecule has 0 saturated carbocycles. The molecule has 0 aliphatic carbocycles. The highest BCUT2D eigenvalue weighted by atomic mass is 16.5. The first-order valence-electron chi connectivity index (χ1n) is 7.50. The normalized spacial score (nSPS) is 11.8. The first kappa shape index (κ1) is 18.5. The van der Waals surface area contributed by atoms with Crippen LogP contribution in [0.3, 0.4) is 0 Å². The second kappa shape index (κ2) is 9.50. The Morgan fingerprint density at radius 1 is 1.26 bits per heavy atom. The SMILES string of the molecule is CCCNC(=O)[C@H](C)NC(=O)/C=C/c1cccc(OC)c1OC. The molecule has 0 unspecified atom stereocenters. The Labute approximate surface area is 136 Å². The lowest BCUT2D eigenvalue weighted by molar-refractivity contribution is -0.126. The molecule has 0 saturated heterocycles. The van der Waals surface area contributed by atoms with Gasteiger partial charge in [0.25, 0.3) is 0 Å². The van der Waals surface area contributed by atoms with E-state index in [0.29, 0.717) is 23.6 Å². The number of hydrogen-bond acceptors (Lipinski definition) is 4. The number of para-hydroxylation sites is 1. The van der Waals surface area contributed by atoms with Gasteiger partial charge in [0.15, 0.2) is 11.5 Å². The fourth-order valence-electron chi connectivity index (χ4n) is 1.94. The highest BCUT2D eigenvalue weighted by molar-refractivity contribution is 5.95. The fourth-order valence-corrected chi connectivity index (χ4v) is 1.94. The number of benzene rings is 1. The Kier molecular flexibility index (Phi) is 7.66. The summed E-state index contributed by atoms with van der Waals surface area (Å²) < 4.78 is 10.5. The van der Waals surface area contributed by atoms with Crippen LogP contribution in [0, 0.1) is 0 Å². The second-order valence-electron chi connectivity index (χ2n) is 4.94. The van der Waals surface area contributed by atoms with Crippen LogP contribution in [0.4, 0.5) is 0 Å². The highest BCUT2D eigenvalue weighted by Crippen LogP contribution is 2.31. The number of carbonyl (C=O) groups excluding carboxylic acids is 2. The Morgan fingerprint density at radius 2 is 2.00 bits per heavy atom. The highest BCUT2D eigenvalue weighted by Gasteiger charge is 2.13. The smallest absolute Gasteiger partial charge is 0.244 e. The largest absolute Gasteiger partial charge is 0.493 e. The van der Waals surface area contributed by atoms with Crippen molar-refractivity contribution in [2.24, 2.45) is 0 Å². The summed E-state index contributed by atoms with van der Waals surface area (Å²) >= 11 is 0.